The zero-order chi connectivity index (χ0) is 22.7. The van der Waals surface area contributed by atoms with Crippen molar-refractivity contribution in [3.05, 3.63) is 0 Å². The van der Waals surface area contributed by atoms with Crippen LogP contribution >= 0.6 is 0 Å². The molecule has 8 N–H and O–H groups in total. The third-order valence-corrected chi connectivity index (χ3v) is 4.89. The van der Waals surface area contributed by atoms with Gasteiger partial charge in [0.05, 0.1) is 6.54 Å². The van der Waals surface area contributed by atoms with E-state index in [9.17, 15) is 29.1 Å². The lowest BCUT2D eigenvalue weighted by Crippen LogP contribution is -2.55. The molecular formula is C18H31N5O7. The lowest BCUT2D eigenvalue weighted by atomic mass is 10.1. The minimum Gasteiger partial charge on any atom is -0.481 e. The number of carbonyl (C=O) groups excluding carboxylic acids is 3. The molecule has 12 nitrogen and oxygen atoms in total. The molecule has 30 heavy (non-hydrogen) atoms. The van der Waals surface area contributed by atoms with Gasteiger partial charge in [0.25, 0.3) is 0 Å². The lowest BCUT2D eigenvalue weighted by Gasteiger charge is -2.26. The first-order valence-corrected chi connectivity index (χ1v) is 9.96. The monoisotopic (exact) mass is 429 g/mol. The Bertz CT molecular complexity index is 642. The van der Waals surface area contributed by atoms with Gasteiger partial charge in [-0.2, -0.15) is 0 Å². The third kappa shape index (κ3) is 7.95. The standard InChI is InChI=1S/C18H31N5O7/c19-8-2-1-4-12(18(29)30)22-16(27)11(6-7-15(25)26)21-17(28)13-5-3-9-23(13)14(24)10-20/h11-13H,1-10,19-20H2,(H,21,28)(H,22,27)(H,25,26)(H,29,30). The molecule has 1 aliphatic rings. The van der Waals surface area contributed by atoms with Gasteiger partial charge in [-0.25, -0.2) is 4.79 Å². The highest BCUT2D eigenvalue weighted by molar-refractivity contribution is 5.94. The van der Waals surface area contributed by atoms with Crippen LogP contribution in [-0.2, 0) is 24.0 Å². The Hall–Kier alpha value is -2.73. The average Bonchev–Trinajstić information content (AvgIpc) is 3.19. The molecule has 0 spiro atoms. The zero-order valence-electron chi connectivity index (χ0n) is 16.8. The van der Waals surface area contributed by atoms with Crippen molar-refractivity contribution in [2.75, 3.05) is 19.6 Å². The number of hydrogen-bond acceptors (Lipinski definition) is 7. The Kier molecular flexibility index (Phi) is 10.8. The summed E-state index contributed by atoms with van der Waals surface area (Å²) in [5.74, 6) is -4.20. The molecule has 1 rings (SSSR count). The highest BCUT2D eigenvalue weighted by Crippen LogP contribution is 2.18. The zero-order valence-corrected chi connectivity index (χ0v) is 16.8. The minimum absolute atomic E-state index is 0.152. The summed E-state index contributed by atoms with van der Waals surface area (Å²) in [5, 5.41) is 23.1. The number of nitrogens with two attached hydrogens (primary N) is 2. The number of nitrogens with zero attached hydrogens (tertiary/aromatic N) is 1. The maximum Gasteiger partial charge on any atom is 0.326 e. The molecule has 3 atom stereocenters. The van der Waals surface area contributed by atoms with E-state index in [1.54, 1.807) is 0 Å². The molecule has 1 saturated heterocycles. The first-order valence-electron chi connectivity index (χ1n) is 9.96. The summed E-state index contributed by atoms with van der Waals surface area (Å²) in [4.78, 5) is 60.9. The van der Waals surface area contributed by atoms with E-state index >= 15 is 0 Å². The molecule has 3 amide bonds. The molecule has 1 heterocycles. The normalized spacial score (nSPS) is 17.8. The van der Waals surface area contributed by atoms with E-state index in [0.29, 0.717) is 38.8 Å². The number of carbonyl (C=O) groups is 5. The Morgan fingerprint density at radius 1 is 1.00 bits per heavy atom. The van der Waals surface area contributed by atoms with Gasteiger partial charge >= 0.3 is 11.9 Å². The largest absolute Gasteiger partial charge is 0.481 e. The molecule has 1 fully saturated rings. The highest BCUT2D eigenvalue weighted by atomic mass is 16.4. The quantitative estimate of drug-likeness (QED) is 0.178. The number of carboxylic acids is 2. The van der Waals surface area contributed by atoms with Gasteiger partial charge in [0.15, 0.2) is 0 Å². The van der Waals surface area contributed by atoms with E-state index in [2.05, 4.69) is 10.6 Å². The van der Waals surface area contributed by atoms with E-state index in [-0.39, 0.29) is 19.4 Å². The average molecular weight is 429 g/mol. The Morgan fingerprint density at radius 2 is 1.70 bits per heavy atom. The smallest absolute Gasteiger partial charge is 0.326 e. The molecule has 0 aromatic carbocycles. The van der Waals surface area contributed by atoms with Gasteiger partial charge in [-0.05, 0) is 45.1 Å². The van der Waals surface area contributed by atoms with Crippen molar-refractivity contribution in [3.8, 4) is 0 Å². The van der Waals surface area contributed by atoms with Crippen LogP contribution in [0.1, 0.15) is 44.9 Å². The third-order valence-electron chi connectivity index (χ3n) is 4.89. The van der Waals surface area contributed by atoms with Crippen LogP contribution in [0.2, 0.25) is 0 Å². The Balaban J connectivity index is 2.84. The summed E-state index contributed by atoms with van der Waals surface area (Å²) in [5.41, 5.74) is 10.8. The fraction of sp³-hybridized carbons (Fsp3) is 0.722. The summed E-state index contributed by atoms with van der Waals surface area (Å²) < 4.78 is 0. The summed E-state index contributed by atoms with van der Waals surface area (Å²) >= 11 is 0. The van der Waals surface area contributed by atoms with Gasteiger partial charge < -0.3 is 37.2 Å². The van der Waals surface area contributed by atoms with Gasteiger partial charge in [-0.1, -0.05) is 0 Å². The topological polar surface area (TPSA) is 205 Å². The Morgan fingerprint density at radius 3 is 2.27 bits per heavy atom. The van der Waals surface area contributed by atoms with Crippen molar-refractivity contribution in [1.29, 1.82) is 0 Å². The molecule has 12 heteroatoms. The van der Waals surface area contributed by atoms with Crippen LogP contribution in [0.15, 0.2) is 0 Å². The maximum atomic E-state index is 12.7. The highest BCUT2D eigenvalue weighted by Gasteiger charge is 2.36. The summed E-state index contributed by atoms with van der Waals surface area (Å²) in [6, 6.07) is -3.24. The number of carboxylic acid groups (broad SMARTS) is 2. The molecule has 0 saturated carbocycles. The van der Waals surface area contributed by atoms with E-state index in [0.717, 1.165) is 0 Å². The minimum atomic E-state index is -1.25. The second-order valence-electron chi connectivity index (χ2n) is 7.13. The summed E-state index contributed by atoms with van der Waals surface area (Å²) in [6.07, 6.45) is 1.58. The first kappa shape index (κ1) is 25.3. The second-order valence-corrected chi connectivity index (χ2v) is 7.13. The van der Waals surface area contributed by atoms with Crippen LogP contribution < -0.4 is 22.1 Å². The fourth-order valence-corrected chi connectivity index (χ4v) is 3.28. The lowest BCUT2D eigenvalue weighted by molar-refractivity contribution is -0.143. The molecule has 0 aromatic rings. The predicted octanol–water partition coefficient (Wildman–Crippen LogP) is -2.02. The molecule has 0 bridgehead atoms. The Labute approximate surface area is 174 Å². The number of unbranched alkanes of at least 4 members (excludes halogenated alkanes) is 1. The van der Waals surface area contributed by atoms with Gasteiger partial charge in [-0.3, -0.25) is 19.2 Å². The van der Waals surface area contributed by atoms with E-state index in [1.807, 2.05) is 0 Å². The van der Waals surface area contributed by atoms with Crippen molar-refractivity contribution in [2.24, 2.45) is 11.5 Å². The number of likely N-dealkylation sites (tertiary alicyclic amines) is 1. The van der Waals surface area contributed by atoms with Crippen LogP contribution in [0.5, 0.6) is 0 Å². The van der Waals surface area contributed by atoms with Crippen molar-refractivity contribution in [2.45, 2.75) is 63.1 Å². The number of hydrogen-bond donors (Lipinski definition) is 6. The maximum absolute atomic E-state index is 12.7. The van der Waals surface area contributed by atoms with Gasteiger partial charge in [0, 0.05) is 13.0 Å². The summed E-state index contributed by atoms with van der Waals surface area (Å²) in [7, 11) is 0. The van der Waals surface area contributed by atoms with Crippen LogP contribution in [0.3, 0.4) is 0 Å². The number of rotatable bonds is 13. The van der Waals surface area contributed by atoms with Crippen molar-refractivity contribution in [1.82, 2.24) is 15.5 Å². The SMILES string of the molecule is NCCCCC(NC(=O)C(CCC(=O)O)NC(=O)C1CCCN1C(=O)CN)C(=O)O. The molecule has 1 aliphatic heterocycles. The van der Waals surface area contributed by atoms with E-state index in [4.69, 9.17) is 16.6 Å². The fourth-order valence-electron chi connectivity index (χ4n) is 3.28. The molecule has 0 aromatic heterocycles. The van der Waals surface area contributed by atoms with Crippen molar-refractivity contribution < 1.29 is 34.2 Å². The van der Waals surface area contributed by atoms with Gasteiger partial charge in [0.1, 0.15) is 18.1 Å². The molecular weight excluding hydrogens is 398 g/mol. The second kappa shape index (κ2) is 12.8. The number of nitrogens with one attached hydrogen (secondary N) is 2. The molecule has 0 aliphatic carbocycles. The number of aliphatic carboxylic acids is 2. The molecule has 170 valence electrons. The van der Waals surface area contributed by atoms with Crippen LogP contribution in [0.25, 0.3) is 0 Å². The van der Waals surface area contributed by atoms with Crippen LogP contribution in [0.4, 0.5) is 0 Å². The van der Waals surface area contributed by atoms with Crippen molar-refractivity contribution in [3.63, 3.8) is 0 Å². The van der Waals surface area contributed by atoms with Crippen LogP contribution in [-0.4, -0.2) is 82.5 Å². The summed E-state index contributed by atoms with van der Waals surface area (Å²) in [6.45, 7) is 0.495. The van der Waals surface area contributed by atoms with Gasteiger partial charge in [0.2, 0.25) is 17.7 Å². The van der Waals surface area contributed by atoms with Crippen LogP contribution in [0, 0.1) is 0 Å². The predicted molar refractivity (Wildman–Crippen MR) is 105 cm³/mol. The van der Waals surface area contributed by atoms with E-state index < -0.39 is 54.2 Å². The van der Waals surface area contributed by atoms with Crippen molar-refractivity contribution >= 4 is 29.7 Å². The molecule has 3 unspecified atom stereocenters. The first-order chi connectivity index (χ1) is 14.2. The van der Waals surface area contributed by atoms with E-state index in [1.165, 1.54) is 4.90 Å². The van der Waals surface area contributed by atoms with Gasteiger partial charge in [-0.15, -0.1) is 0 Å². The number of amides is 3. The molecule has 0 radical (unpaired) electrons.